The highest BCUT2D eigenvalue weighted by atomic mass is 16.7. The highest BCUT2D eigenvalue weighted by molar-refractivity contribution is 5.74. The summed E-state index contributed by atoms with van der Waals surface area (Å²) in [6, 6.07) is 0. The van der Waals surface area contributed by atoms with Crippen molar-refractivity contribution in [1.29, 1.82) is 0 Å². The molecule has 0 saturated heterocycles. The zero-order valence-electron chi connectivity index (χ0n) is 27.3. The zero-order chi connectivity index (χ0) is 30.7. The summed E-state index contributed by atoms with van der Waals surface area (Å²) < 4.78 is 40.6. The molecule has 0 aromatic rings. The maximum absolute atomic E-state index is 12.1. The normalized spacial score (nSPS) is 42.7. The van der Waals surface area contributed by atoms with Crippen molar-refractivity contribution >= 4 is 5.97 Å². The number of ether oxygens (including phenoxy) is 7. The Morgan fingerprint density at radius 3 is 2.19 bits per heavy atom. The van der Waals surface area contributed by atoms with Gasteiger partial charge in [-0.25, -0.2) is 4.79 Å². The average molecular weight is 599 g/mol. The van der Waals surface area contributed by atoms with Gasteiger partial charge in [0.05, 0.1) is 25.4 Å². The Labute approximate surface area is 253 Å². The minimum Gasteiger partial charge on any atom is -0.467 e. The van der Waals surface area contributed by atoms with Gasteiger partial charge >= 0.3 is 5.97 Å². The lowest BCUT2D eigenvalue weighted by atomic mass is 9.40. The van der Waals surface area contributed by atoms with Crippen LogP contribution in [0.5, 0.6) is 0 Å². The molecule has 4 rings (SSSR count). The van der Waals surface area contributed by atoms with Crippen LogP contribution < -0.4 is 0 Å². The van der Waals surface area contributed by atoms with Gasteiger partial charge in [-0.15, -0.1) is 0 Å². The van der Waals surface area contributed by atoms with Gasteiger partial charge in [-0.05, 0) is 91.8 Å². The number of fused-ring (bicyclic) bond motifs is 5. The minimum absolute atomic E-state index is 0.00936. The first kappa shape index (κ1) is 34.1. The molecule has 4 fully saturated rings. The molecule has 0 unspecified atom stereocenters. The molecule has 0 aromatic heterocycles. The number of rotatable bonds is 14. The van der Waals surface area contributed by atoms with Crippen LogP contribution in [0.3, 0.4) is 0 Å². The van der Waals surface area contributed by atoms with E-state index in [2.05, 4.69) is 27.7 Å². The van der Waals surface area contributed by atoms with E-state index in [9.17, 15) is 9.90 Å². The molecule has 13 atom stereocenters. The zero-order valence-corrected chi connectivity index (χ0v) is 27.3. The van der Waals surface area contributed by atoms with E-state index in [1.165, 1.54) is 7.11 Å². The molecule has 4 aliphatic rings. The van der Waals surface area contributed by atoms with Crippen molar-refractivity contribution in [3.8, 4) is 0 Å². The maximum atomic E-state index is 12.1. The van der Waals surface area contributed by atoms with Gasteiger partial charge in [0.15, 0.2) is 6.10 Å². The molecule has 1 N–H and O–H groups in total. The van der Waals surface area contributed by atoms with E-state index in [4.69, 9.17) is 33.2 Å². The number of hydrogen-bond acceptors (Lipinski definition) is 9. The summed E-state index contributed by atoms with van der Waals surface area (Å²) in [5.41, 5.74) is -0.00407. The number of carbonyl (C=O) groups is 1. The van der Waals surface area contributed by atoms with Crippen LogP contribution in [-0.2, 0) is 38.0 Å². The van der Waals surface area contributed by atoms with Crippen molar-refractivity contribution in [2.45, 2.75) is 103 Å². The number of carbonyl (C=O) groups excluding carboxylic acids is 1. The summed E-state index contributed by atoms with van der Waals surface area (Å²) in [6.45, 7) is 10.3. The molecule has 0 spiro atoms. The Morgan fingerprint density at radius 2 is 1.55 bits per heavy atom. The molecule has 4 aliphatic carbocycles. The molecule has 9 nitrogen and oxygen atoms in total. The summed E-state index contributed by atoms with van der Waals surface area (Å²) in [5.74, 6) is 1.92. The average Bonchev–Trinajstić information content (AvgIpc) is 3.35. The highest BCUT2D eigenvalue weighted by Gasteiger charge is 2.68. The number of esters is 1. The summed E-state index contributed by atoms with van der Waals surface area (Å²) >= 11 is 0. The first-order chi connectivity index (χ1) is 20.1. The fourth-order valence-electron chi connectivity index (χ4n) is 10.7. The summed E-state index contributed by atoms with van der Waals surface area (Å²) in [7, 11) is 6.41. The molecule has 0 aromatic carbocycles. The molecular formula is C33H58O9. The second-order valence-electron chi connectivity index (χ2n) is 14.1. The SMILES string of the molecule is CC[C@H]1[C@@H](OCOC)[C@@H]2[C@H](C[C@H](OCOC)[C@]3(C)[C@@H]([C@H](C)C[C@@H](O)C(=O)OC)CC[C@@H]23)[C@@]2(C)CC[C@@H](OCOC)C[C@@H]12. The third kappa shape index (κ3) is 6.18. The summed E-state index contributed by atoms with van der Waals surface area (Å²) in [5, 5.41) is 10.6. The smallest absolute Gasteiger partial charge is 0.334 e. The number of hydrogen-bond donors (Lipinski definition) is 1. The van der Waals surface area contributed by atoms with Crippen LogP contribution in [-0.4, -0.2) is 84.3 Å². The van der Waals surface area contributed by atoms with Crippen LogP contribution in [0.2, 0.25) is 0 Å². The van der Waals surface area contributed by atoms with Crippen molar-refractivity contribution < 1.29 is 43.1 Å². The Bertz CT molecular complexity index is 870. The number of aliphatic hydroxyl groups excluding tert-OH is 1. The molecular weight excluding hydrogens is 540 g/mol. The van der Waals surface area contributed by atoms with Crippen molar-refractivity contribution in [3.63, 3.8) is 0 Å². The molecule has 0 bridgehead atoms. The number of methoxy groups -OCH3 is 4. The number of aliphatic hydroxyl groups is 1. The van der Waals surface area contributed by atoms with Gasteiger partial charge in [0, 0.05) is 26.7 Å². The van der Waals surface area contributed by atoms with Gasteiger partial charge in [0.2, 0.25) is 0 Å². The van der Waals surface area contributed by atoms with Gasteiger partial charge in [-0.1, -0.05) is 34.1 Å². The summed E-state index contributed by atoms with van der Waals surface area (Å²) in [6.07, 6.45) is 6.85. The van der Waals surface area contributed by atoms with E-state index in [1.54, 1.807) is 21.3 Å². The lowest BCUT2D eigenvalue weighted by Crippen LogP contribution is -2.66. The monoisotopic (exact) mass is 598 g/mol. The quantitative estimate of drug-likeness (QED) is 0.218. The van der Waals surface area contributed by atoms with E-state index in [0.29, 0.717) is 42.8 Å². The van der Waals surface area contributed by atoms with Crippen LogP contribution in [0.15, 0.2) is 0 Å². The highest BCUT2D eigenvalue weighted by Crippen LogP contribution is 2.70. The Kier molecular flexibility index (Phi) is 11.8. The van der Waals surface area contributed by atoms with Gasteiger partial charge in [-0.3, -0.25) is 0 Å². The molecule has 9 heteroatoms. The third-order valence-electron chi connectivity index (χ3n) is 12.4. The largest absolute Gasteiger partial charge is 0.467 e. The van der Waals surface area contributed by atoms with Gasteiger partial charge in [-0.2, -0.15) is 0 Å². The van der Waals surface area contributed by atoms with Crippen molar-refractivity contribution in [2.24, 2.45) is 52.3 Å². The van der Waals surface area contributed by atoms with Gasteiger partial charge < -0.3 is 38.3 Å². The predicted octanol–water partition coefficient (Wildman–Crippen LogP) is 5.03. The topological polar surface area (TPSA) is 102 Å². The fourth-order valence-corrected chi connectivity index (χ4v) is 10.7. The van der Waals surface area contributed by atoms with E-state index < -0.39 is 12.1 Å². The van der Waals surface area contributed by atoms with Crippen molar-refractivity contribution in [2.75, 3.05) is 48.8 Å². The molecule has 4 saturated carbocycles. The molecule has 0 heterocycles. The Hall–Kier alpha value is -0.810. The Balaban J connectivity index is 1.72. The standard InChI is InChI=1S/C33H58O9/c1-9-22-25-15-21(40-17-36-5)12-13-32(25,3)26-16-28(41-18-37-6)33(4)23(20(2)14-27(34)31(35)39-8)10-11-24(33)29(26)30(22)42-19-38-7/h20-30,34H,9-19H2,1-8H3/t20-,21-,22-,23-,24+,25+,26+,27-,28+,29+,30-,32+,33-/m1/s1. The fraction of sp³-hybridized carbons (Fsp3) is 0.970. The van der Waals surface area contributed by atoms with Gasteiger partial charge in [0.25, 0.3) is 0 Å². The second-order valence-corrected chi connectivity index (χ2v) is 14.1. The molecule has 0 amide bonds. The van der Waals surface area contributed by atoms with Crippen LogP contribution in [0.1, 0.15) is 79.1 Å². The lowest BCUT2D eigenvalue weighted by Gasteiger charge is -2.66. The second kappa shape index (κ2) is 14.5. The molecule has 0 radical (unpaired) electrons. The van der Waals surface area contributed by atoms with Crippen molar-refractivity contribution in [1.82, 2.24) is 0 Å². The summed E-state index contributed by atoms with van der Waals surface area (Å²) in [4.78, 5) is 12.1. The van der Waals surface area contributed by atoms with E-state index in [-0.39, 0.29) is 54.6 Å². The Morgan fingerprint density at radius 1 is 0.881 bits per heavy atom. The maximum Gasteiger partial charge on any atom is 0.334 e. The van der Waals surface area contributed by atoms with Crippen LogP contribution in [0, 0.1) is 52.3 Å². The van der Waals surface area contributed by atoms with E-state index in [1.807, 2.05) is 0 Å². The van der Waals surface area contributed by atoms with E-state index in [0.717, 1.165) is 44.9 Å². The lowest BCUT2D eigenvalue weighted by molar-refractivity contribution is -0.267. The van der Waals surface area contributed by atoms with Crippen LogP contribution in [0.4, 0.5) is 0 Å². The van der Waals surface area contributed by atoms with E-state index >= 15 is 0 Å². The first-order valence-corrected chi connectivity index (χ1v) is 16.2. The van der Waals surface area contributed by atoms with Gasteiger partial charge in [0.1, 0.15) is 20.4 Å². The first-order valence-electron chi connectivity index (χ1n) is 16.2. The van der Waals surface area contributed by atoms with Crippen LogP contribution in [0.25, 0.3) is 0 Å². The van der Waals surface area contributed by atoms with Crippen molar-refractivity contribution in [3.05, 3.63) is 0 Å². The van der Waals surface area contributed by atoms with Crippen LogP contribution >= 0.6 is 0 Å². The minimum atomic E-state index is -1.12. The predicted molar refractivity (Wildman–Crippen MR) is 157 cm³/mol. The molecule has 42 heavy (non-hydrogen) atoms. The molecule has 0 aliphatic heterocycles. The third-order valence-corrected chi connectivity index (χ3v) is 12.4. The molecule has 244 valence electrons.